The molecule has 12 aromatic rings. The predicted molar refractivity (Wildman–Crippen MR) is 265 cm³/mol. The molecule has 4 nitrogen and oxygen atoms in total. The molecule has 0 bridgehead atoms. The number of furan rings is 1. The molecule has 12 rings (SSSR count). The summed E-state index contributed by atoms with van der Waals surface area (Å²) in [6.07, 6.45) is 0. The Morgan fingerprint density at radius 3 is 1.51 bits per heavy atom. The Morgan fingerprint density at radius 2 is 0.841 bits per heavy atom. The summed E-state index contributed by atoms with van der Waals surface area (Å²) in [5, 5.41) is 9.75. The van der Waals surface area contributed by atoms with Crippen molar-refractivity contribution in [1.29, 1.82) is 0 Å². The molecule has 0 spiro atoms. The SMILES string of the molecule is c1ccc(-c2ccc(-c3nc(-c4ccc([Si](c5ccccc5)(c5ccccc5)c5ccccc5)cc4)nc(-c4ccc5c(c4)sc4ccccc45)n3)c3c2oc2ccccc23)cc1. The molecule has 0 amide bonds. The van der Waals surface area contributed by atoms with E-state index in [2.05, 4.69) is 206 Å². The van der Waals surface area contributed by atoms with E-state index in [-0.39, 0.29) is 0 Å². The topological polar surface area (TPSA) is 51.8 Å². The molecule has 0 aliphatic heterocycles. The average Bonchev–Trinajstić information content (AvgIpc) is 3.94. The summed E-state index contributed by atoms with van der Waals surface area (Å²) >= 11 is 1.79. The third kappa shape index (κ3) is 6.22. The van der Waals surface area contributed by atoms with Gasteiger partial charge in [0.1, 0.15) is 11.2 Å². The van der Waals surface area contributed by atoms with Crippen LogP contribution in [-0.4, -0.2) is 23.0 Å². The zero-order valence-corrected chi connectivity index (χ0v) is 35.8. The van der Waals surface area contributed by atoms with Gasteiger partial charge in [-0.15, -0.1) is 11.3 Å². The normalized spacial score (nSPS) is 11.8. The van der Waals surface area contributed by atoms with Crippen molar-refractivity contribution in [3.8, 4) is 45.3 Å². The van der Waals surface area contributed by atoms with E-state index in [1.807, 2.05) is 18.2 Å². The largest absolute Gasteiger partial charge is 0.455 e. The van der Waals surface area contributed by atoms with E-state index in [1.165, 1.54) is 40.9 Å². The number of hydrogen-bond donors (Lipinski definition) is 0. The fourth-order valence-corrected chi connectivity index (χ4v) is 15.3. The van der Waals surface area contributed by atoms with Crippen LogP contribution in [0.4, 0.5) is 0 Å². The molecule has 0 radical (unpaired) electrons. The second-order valence-electron chi connectivity index (χ2n) is 15.9. The van der Waals surface area contributed by atoms with Gasteiger partial charge in [0.25, 0.3) is 0 Å². The Morgan fingerprint density at radius 1 is 0.349 bits per heavy atom. The van der Waals surface area contributed by atoms with Crippen LogP contribution in [0, 0.1) is 0 Å². The van der Waals surface area contributed by atoms with Crippen molar-refractivity contribution in [2.75, 3.05) is 0 Å². The predicted octanol–water partition coefficient (Wildman–Crippen LogP) is 12.2. The van der Waals surface area contributed by atoms with E-state index in [4.69, 9.17) is 19.4 Å². The van der Waals surface area contributed by atoms with E-state index in [1.54, 1.807) is 11.3 Å². The number of hydrogen-bond acceptors (Lipinski definition) is 5. The van der Waals surface area contributed by atoms with Gasteiger partial charge in [0.2, 0.25) is 0 Å². The van der Waals surface area contributed by atoms with Gasteiger partial charge in [-0.1, -0.05) is 194 Å². The lowest BCUT2D eigenvalue weighted by molar-refractivity contribution is 0.670. The molecule has 0 aliphatic rings. The first-order valence-corrected chi connectivity index (χ1v) is 24.0. The summed E-state index contributed by atoms with van der Waals surface area (Å²) < 4.78 is 9.15. The van der Waals surface area contributed by atoms with E-state index in [0.29, 0.717) is 17.5 Å². The van der Waals surface area contributed by atoms with Crippen molar-refractivity contribution < 1.29 is 4.42 Å². The number of thiophene rings is 1. The van der Waals surface area contributed by atoms with E-state index >= 15 is 0 Å². The van der Waals surface area contributed by atoms with Crippen LogP contribution in [0.5, 0.6) is 0 Å². The van der Waals surface area contributed by atoms with E-state index in [9.17, 15) is 0 Å². The third-order valence-corrected chi connectivity index (χ3v) is 18.3. The number of rotatable bonds is 8. The summed E-state index contributed by atoms with van der Waals surface area (Å²) in [6, 6.07) is 80.1. The molecule has 63 heavy (non-hydrogen) atoms. The number of aromatic nitrogens is 3. The summed E-state index contributed by atoms with van der Waals surface area (Å²) in [5.74, 6) is 1.82. The Hall–Kier alpha value is -7.77. The molecule has 0 unspecified atom stereocenters. The summed E-state index contributed by atoms with van der Waals surface area (Å²) in [6.45, 7) is 0. The highest BCUT2D eigenvalue weighted by atomic mass is 32.1. The maximum Gasteiger partial charge on any atom is 0.179 e. The van der Waals surface area contributed by atoms with Gasteiger partial charge in [-0.3, -0.25) is 0 Å². The Balaban J connectivity index is 1.08. The van der Waals surface area contributed by atoms with Gasteiger partial charge in [-0.2, -0.15) is 0 Å². The second kappa shape index (κ2) is 15.3. The summed E-state index contributed by atoms with van der Waals surface area (Å²) in [5.41, 5.74) is 6.48. The minimum Gasteiger partial charge on any atom is -0.455 e. The molecule has 6 heteroatoms. The highest BCUT2D eigenvalue weighted by Gasteiger charge is 2.41. The Bertz CT molecular complexity index is 3510. The van der Waals surface area contributed by atoms with Gasteiger partial charge in [0, 0.05) is 53.2 Å². The molecule has 9 aromatic carbocycles. The number of benzene rings is 9. The average molecular weight is 840 g/mol. The van der Waals surface area contributed by atoms with Crippen LogP contribution in [0.1, 0.15) is 0 Å². The summed E-state index contributed by atoms with van der Waals surface area (Å²) in [7, 11) is -2.74. The Labute approximate surface area is 369 Å². The molecule has 0 fully saturated rings. The summed E-state index contributed by atoms with van der Waals surface area (Å²) in [4.78, 5) is 16.0. The first-order chi connectivity index (χ1) is 31.2. The minimum absolute atomic E-state index is 0.591. The molecule has 0 N–H and O–H groups in total. The van der Waals surface area contributed by atoms with Crippen molar-refractivity contribution in [1.82, 2.24) is 15.0 Å². The first kappa shape index (κ1) is 37.0. The van der Waals surface area contributed by atoms with Crippen LogP contribution in [0.15, 0.2) is 229 Å². The number of fused-ring (bicyclic) bond motifs is 6. The fourth-order valence-electron chi connectivity index (χ4n) is 9.41. The first-order valence-electron chi connectivity index (χ1n) is 21.2. The van der Waals surface area contributed by atoms with Crippen LogP contribution in [-0.2, 0) is 0 Å². The van der Waals surface area contributed by atoms with Gasteiger partial charge < -0.3 is 4.42 Å². The van der Waals surface area contributed by atoms with Crippen molar-refractivity contribution >= 4 is 82.3 Å². The van der Waals surface area contributed by atoms with E-state index in [0.717, 1.165) is 49.8 Å². The van der Waals surface area contributed by atoms with Crippen molar-refractivity contribution in [2.45, 2.75) is 0 Å². The van der Waals surface area contributed by atoms with Gasteiger partial charge in [-0.25, -0.2) is 15.0 Å². The minimum atomic E-state index is -2.74. The number of para-hydroxylation sites is 1. The molecule has 0 saturated heterocycles. The van der Waals surface area contributed by atoms with Gasteiger partial charge >= 0.3 is 0 Å². The molecular weight excluding hydrogens is 803 g/mol. The van der Waals surface area contributed by atoms with Crippen LogP contribution in [0.2, 0.25) is 0 Å². The Kier molecular flexibility index (Phi) is 8.99. The lowest BCUT2D eigenvalue weighted by atomic mass is 9.98. The lowest BCUT2D eigenvalue weighted by Crippen LogP contribution is -2.74. The zero-order chi connectivity index (χ0) is 41.7. The number of nitrogens with zero attached hydrogens (tertiary/aromatic N) is 3. The maximum absolute atomic E-state index is 6.70. The van der Waals surface area contributed by atoms with Gasteiger partial charge in [-0.05, 0) is 56.6 Å². The molecule has 3 heterocycles. The van der Waals surface area contributed by atoms with Gasteiger partial charge in [0.15, 0.2) is 25.5 Å². The van der Waals surface area contributed by atoms with Crippen molar-refractivity contribution in [2.24, 2.45) is 0 Å². The smallest absolute Gasteiger partial charge is 0.179 e. The quantitative estimate of drug-likeness (QED) is 0.113. The standard InChI is InChI=1S/C57H37N3OSSi/c1-5-17-38(18-6-1)45-35-36-49(53-48-26-13-15-27-50(48)61-54(45)53)57-59-55(58-56(60-57)40-31-34-47-46-25-14-16-28-51(46)62-52(47)37-40)39-29-32-44(33-30-39)63(41-19-7-2-8-20-41,42-21-9-3-10-22-42)43-23-11-4-12-24-43/h1-37H. The third-order valence-electron chi connectivity index (χ3n) is 12.3. The highest BCUT2D eigenvalue weighted by Crippen LogP contribution is 2.42. The van der Waals surface area contributed by atoms with E-state index < -0.39 is 8.07 Å². The van der Waals surface area contributed by atoms with Crippen LogP contribution in [0.25, 0.3) is 87.4 Å². The van der Waals surface area contributed by atoms with Gasteiger partial charge in [0.05, 0.1) is 0 Å². The van der Waals surface area contributed by atoms with Crippen LogP contribution >= 0.6 is 11.3 Å². The highest BCUT2D eigenvalue weighted by molar-refractivity contribution is 7.25. The zero-order valence-electron chi connectivity index (χ0n) is 34.0. The monoisotopic (exact) mass is 839 g/mol. The molecule has 0 atom stereocenters. The molecule has 3 aromatic heterocycles. The fraction of sp³-hybridized carbons (Fsp3) is 0. The molecule has 296 valence electrons. The van der Waals surface area contributed by atoms with Crippen LogP contribution < -0.4 is 20.7 Å². The lowest BCUT2D eigenvalue weighted by Gasteiger charge is -2.34. The maximum atomic E-state index is 6.70. The van der Waals surface area contributed by atoms with Crippen molar-refractivity contribution in [3.63, 3.8) is 0 Å². The second-order valence-corrected chi connectivity index (χ2v) is 20.8. The molecule has 0 aliphatic carbocycles. The molecular formula is C57H37N3OSSi. The van der Waals surface area contributed by atoms with Crippen molar-refractivity contribution in [3.05, 3.63) is 224 Å². The molecule has 0 saturated carbocycles. The van der Waals surface area contributed by atoms with Crippen LogP contribution in [0.3, 0.4) is 0 Å².